The molecule has 0 fully saturated rings. The number of oxazole rings is 1. The molecule has 1 aromatic heterocycles. The summed E-state index contributed by atoms with van der Waals surface area (Å²) in [5.74, 6) is 0. The van der Waals surface area contributed by atoms with Crippen LogP contribution in [0.1, 0.15) is 11.1 Å². The molecular formula is C10H11N3O. The van der Waals surface area contributed by atoms with Gasteiger partial charge < -0.3 is 10.2 Å². The number of nitrogens with zero attached hydrogens (tertiary/aromatic N) is 2. The summed E-state index contributed by atoms with van der Waals surface area (Å²) in [6.07, 6.45) is 0. The van der Waals surface area contributed by atoms with Crippen LogP contribution in [0.15, 0.2) is 16.5 Å². The first-order valence-corrected chi connectivity index (χ1v) is 4.59. The number of hydrogen-bond acceptors (Lipinski definition) is 4. The van der Waals surface area contributed by atoms with Crippen LogP contribution in [0, 0.1) is 0 Å². The number of benzene rings is 1. The Morgan fingerprint density at radius 1 is 1.43 bits per heavy atom. The van der Waals surface area contributed by atoms with Crippen LogP contribution in [0.2, 0.25) is 0 Å². The van der Waals surface area contributed by atoms with Gasteiger partial charge in [0.1, 0.15) is 5.52 Å². The minimum Gasteiger partial charge on any atom is -0.424 e. The Morgan fingerprint density at radius 3 is 3.14 bits per heavy atom. The van der Waals surface area contributed by atoms with E-state index in [4.69, 9.17) is 10.2 Å². The Kier molecular flexibility index (Phi) is 1.39. The summed E-state index contributed by atoms with van der Waals surface area (Å²) in [4.78, 5) is 6.45. The molecule has 72 valence electrons. The molecule has 1 aliphatic rings. The SMILES string of the molecule is CN1Cc2ccc3oc(N)nc3c2C1. The molecule has 0 atom stereocenters. The Hall–Kier alpha value is -1.55. The molecule has 0 radical (unpaired) electrons. The van der Waals surface area contributed by atoms with Crippen LogP contribution < -0.4 is 5.73 Å². The molecule has 2 aromatic rings. The zero-order valence-corrected chi connectivity index (χ0v) is 7.95. The van der Waals surface area contributed by atoms with Crippen molar-refractivity contribution in [2.45, 2.75) is 13.1 Å². The first-order valence-electron chi connectivity index (χ1n) is 4.59. The third kappa shape index (κ3) is 0.943. The fourth-order valence-electron chi connectivity index (χ4n) is 2.05. The van der Waals surface area contributed by atoms with Gasteiger partial charge in [0.05, 0.1) is 0 Å². The van der Waals surface area contributed by atoms with Gasteiger partial charge in [-0.05, 0) is 18.7 Å². The van der Waals surface area contributed by atoms with Crippen molar-refractivity contribution in [2.24, 2.45) is 0 Å². The number of nitrogen functional groups attached to an aromatic ring is 1. The maximum atomic E-state index is 5.53. The predicted octanol–water partition coefficient (Wildman–Crippen LogP) is 1.36. The Morgan fingerprint density at radius 2 is 2.29 bits per heavy atom. The van der Waals surface area contributed by atoms with Crippen LogP contribution in [0.3, 0.4) is 0 Å². The van der Waals surface area contributed by atoms with Crippen LogP contribution in [-0.2, 0) is 13.1 Å². The van der Waals surface area contributed by atoms with Crippen molar-refractivity contribution >= 4 is 17.1 Å². The Bertz CT molecular complexity index is 503. The fraction of sp³-hybridized carbons (Fsp3) is 0.300. The smallest absolute Gasteiger partial charge is 0.292 e. The van der Waals surface area contributed by atoms with Crippen molar-refractivity contribution in [3.05, 3.63) is 23.3 Å². The summed E-state index contributed by atoms with van der Waals surface area (Å²) in [5.41, 5.74) is 9.82. The number of nitrogens with two attached hydrogens (primary N) is 1. The molecular weight excluding hydrogens is 178 g/mol. The van der Waals surface area contributed by atoms with Crippen molar-refractivity contribution in [3.63, 3.8) is 0 Å². The van der Waals surface area contributed by atoms with E-state index in [2.05, 4.69) is 23.0 Å². The monoisotopic (exact) mass is 189 g/mol. The topological polar surface area (TPSA) is 55.3 Å². The summed E-state index contributed by atoms with van der Waals surface area (Å²) in [6, 6.07) is 4.28. The largest absolute Gasteiger partial charge is 0.424 e. The van der Waals surface area contributed by atoms with E-state index in [1.54, 1.807) is 0 Å². The summed E-state index contributed by atoms with van der Waals surface area (Å²) >= 11 is 0. The second-order valence-corrected chi connectivity index (χ2v) is 3.77. The van der Waals surface area contributed by atoms with Gasteiger partial charge in [0.15, 0.2) is 5.58 Å². The Balaban J connectivity index is 2.32. The van der Waals surface area contributed by atoms with E-state index in [0.29, 0.717) is 0 Å². The number of hydrogen-bond donors (Lipinski definition) is 1. The molecule has 1 aromatic carbocycles. The molecule has 0 spiro atoms. The van der Waals surface area contributed by atoms with Gasteiger partial charge in [0, 0.05) is 18.7 Å². The quantitative estimate of drug-likeness (QED) is 0.679. The summed E-state index contributed by atoms with van der Waals surface area (Å²) in [5, 5.41) is 0. The van der Waals surface area contributed by atoms with Crippen molar-refractivity contribution in [3.8, 4) is 0 Å². The second-order valence-electron chi connectivity index (χ2n) is 3.77. The number of rotatable bonds is 0. The molecule has 0 aliphatic carbocycles. The first-order chi connectivity index (χ1) is 6.74. The highest BCUT2D eigenvalue weighted by molar-refractivity contribution is 5.79. The molecule has 2 N–H and O–H groups in total. The average Bonchev–Trinajstić information content (AvgIpc) is 2.65. The minimum atomic E-state index is 0.253. The number of fused-ring (bicyclic) bond motifs is 3. The van der Waals surface area contributed by atoms with Gasteiger partial charge in [-0.1, -0.05) is 6.07 Å². The third-order valence-corrected chi connectivity index (χ3v) is 2.65. The standard InChI is InChI=1S/C10H11N3O/c1-13-4-6-2-3-8-9(7(6)5-13)12-10(11)14-8/h2-3H,4-5H2,1H3,(H2,11,12). The van der Waals surface area contributed by atoms with Crippen LogP contribution in [-0.4, -0.2) is 16.9 Å². The zero-order chi connectivity index (χ0) is 9.71. The predicted molar refractivity (Wildman–Crippen MR) is 53.6 cm³/mol. The van der Waals surface area contributed by atoms with E-state index in [1.807, 2.05) is 6.07 Å². The van der Waals surface area contributed by atoms with Gasteiger partial charge in [0.25, 0.3) is 6.01 Å². The van der Waals surface area contributed by atoms with Crippen molar-refractivity contribution in [1.29, 1.82) is 0 Å². The van der Waals surface area contributed by atoms with Gasteiger partial charge in [-0.25, -0.2) is 0 Å². The molecule has 0 saturated carbocycles. The summed E-state index contributed by atoms with van der Waals surface area (Å²) in [6.45, 7) is 1.91. The highest BCUT2D eigenvalue weighted by atomic mass is 16.4. The lowest BCUT2D eigenvalue weighted by Crippen LogP contribution is -2.07. The highest BCUT2D eigenvalue weighted by Gasteiger charge is 2.20. The van der Waals surface area contributed by atoms with Crippen LogP contribution >= 0.6 is 0 Å². The minimum absolute atomic E-state index is 0.253. The molecule has 2 heterocycles. The maximum absolute atomic E-state index is 5.53. The van der Waals surface area contributed by atoms with Crippen LogP contribution in [0.4, 0.5) is 6.01 Å². The average molecular weight is 189 g/mol. The molecule has 0 amide bonds. The third-order valence-electron chi connectivity index (χ3n) is 2.65. The maximum Gasteiger partial charge on any atom is 0.292 e. The van der Waals surface area contributed by atoms with E-state index in [-0.39, 0.29) is 6.01 Å². The lowest BCUT2D eigenvalue weighted by molar-refractivity contribution is 0.353. The lowest BCUT2D eigenvalue weighted by Gasteiger charge is -2.02. The molecule has 3 rings (SSSR count). The summed E-state index contributed by atoms with van der Waals surface area (Å²) in [7, 11) is 2.09. The fourth-order valence-corrected chi connectivity index (χ4v) is 2.05. The highest BCUT2D eigenvalue weighted by Crippen LogP contribution is 2.29. The molecule has 14 heavy (non-hydrogen) atoms. The van der Waals surface area contributed by atoms with E-state index < -0.39 is 0 Å². The van der Waals surface area contributed by atoms with Crippen molar-refractivity contribution in [2.75, 3.05) is 12.8 Å². The van der Waals surface area contributed by atoms with E-state index in [1.165, 1.54) is 11.1 Å². The van der Waals surface area contributed by atoms with Crippen molar-refractivity contribution < 1.29 is 4.42 Å². The molecule has 0 bridgehead atoms. The first kappa shape index (κ1) is 7.82. The van der Waals surface area contributed by atoms with Gasteiger partial charge in [-0.3, -0.25) is 4.90 Å². The van der Waals surface area contributed by atoms with Gasteiger partial charge in [-0.2, -0.15) is 4.98 Å². The Labute approximate surface area is 81.3 Å². The van der Waals surface area contributed by atoms with Gasteiger partial charge in [0.2, 0.25) is 0 Å². The number of anilines is 1. The molecule has 0 unspecified atom stereocenters. The molecule has 1 aliphatic heterocycles. The summed E-state index contributed by atoms with van der Waals surface area (Å²) < 4.78 is 5.28. The molecule has 4 heteroatoms. The van der Waals surface area contributed by atoms with E-state index in [0.717, 1.165) is 24.2 Å². The second kappa shape index (κ2) is 2.48. The normalized spacial score (nSPS) is 16.4. The van der Waals surface area contributed by atoms with Crippen LogP contribution in [0.25, 0.3) is 11.1 Å². The lowest BCUT2D eigenvalue weighted by atomic mass is 10.1. The zero-order valence-electron chi connectivity index (χ0n) is 7.95. The molecule has 4 nitrogen and oxygen atoms in total. The van der Waals surface area contributed by atoms with Crippen LogP contribution in [0.5, 0.6) is 0 Å². The molecule has 0 saturated heterocycles. The van der Waals surface area contributed by atoms with Gasteiger partial charge in [-0.15, -0.1) is 0 Å². The van der Waals surface area contributed by atoms with E-state index >= 15 is 0 Å². The number of aromatic nitrogens is 1. The van der Waals surface area contributed by atoms with Gasteiger partial charge >= 0.3 is 0 Å². The van der Waals surface area contributed by atoms with E-state index in [9.17, 15) is 0 Å². The van der Waals surface area contributed by atoms with Crippen molar-refractivity contribution in [1.82, 2.24) is 9.88 Å².